The van der Waals surface area contributed by atoms with Gasteiger partial charge in [-0.15, -0.1) is 0 Å². The van der Waals surface area contributed by atoms with E-state index in [2.05, 4.69) is 15.6 Å². The maximum Gasteiger partial charge on any atom is 0.418 e. The lowest BCUT2D eigenvalue weighted by Gasteiger charge is -2.32. The van der Waals surface area contributed by atoms with Crippen molar-refractivity contribution in [2.45, 2.75) is 31.5 Å². The molecule has 0 aromatic heterocycles. The predicted octanol–water partition coefficient (Wildman–Crippen LogP) is 3.12. The normalized spacial score (nSPS) is 24.6. The fraction of sp³-hybridized carbons (Fsp3) is 0.500. The van der Waals surface area contributed by atoms with Crippen molar-refractivity contribution in [3.8, 4) is 0 Å². The number of fused-ring (bicyclic) bond motifs is 1. The van der Waals surface area contributed by atoms with Gasteiger partial charge in [0, 0.05) is 37.5 Å². The molecular formula is C20H23F3N4O2. The summed E-state index contributed by atoms with van der Waals surface area (Å²) in [6.07, 6.45) is -0.849. The zero-order valence-corrected chi connectivity index (χ0v) is 15.8. The van der Waals surface area contributed by atoms with Crippen LogP contribution < -0.4 is 15.5 Å². The number of carbonyl (C=O) groups excluding carboxylic acids is 1. The Morgan fingerprint density at radius 3 is 2.76 bits per heavy atom. The highest BCUT2D eigenvalue weighted by molar-refractivity contribution is 6.18. The molecule has 1 aromatic carbocycles. The number of halogens is 3. The van der Waals surface area contributed by atoms with E-state index in [9.17, 15) is 23.1 Å². The molecule has 1 amide bonds. The van der Waals surface area contributed by atoms with Crippen molar-refractivity contribution in [3.05, 3.63) is 35.1 Å². The fourth-order valence-corrected chi connectivity index (χ4v) is 4.17. The number of dihydropyridines is 1. The highest BCUT2D eigenvalue weighted by atomic mass is 19.4. The summed E-state index contributed by atoms with van der Waals surface area (Å²) in [7, 11) is 0. The standard InChI is InChI=1S/C20H23F3N4O2/c21-20(22,23)15-9-12(27-7-1-2-8-27)3-4-16(15)26-19(29)14-10-25-17-11-24-6-5-13(17)18(14)28/h3-4,9-10,13,17,24,28H,1-2,5-8,11H2,(H,26,29). The molecule has 0 radical (unpaired) electrons. The van der Waals surface area contributed by atoms with Crippen LogP contribution in [0.4, 0.5) is 24.5 Å². The van der Waals surface area contributed by atoms with Gasteiger partial charge in [0.05, 0.1) is 22.9 Å². The molecule has 6 nitrogen and oxygen atoms in total. The first kappa shape index (κ1) is 19.8. The van der Waals surface area contributed by atoms with E-state index in [1.807, 2.05) is 4.90 Å². The minimum absolute atomic E-state index is 0.0788. The number of hydrogen-bond donors (Lipinski definition) is 3. The van der Waals surface area contributed by atoms with Crippen LogP contribution in [-0.4, -0.2) is 49.4 Å². The third-order valence-corrected chi connectivity index (χ3v) is 5.74. The third-order valence-electron chi connectivity index (χ3n) is 5.74. The average Bonchev–Trinajstić information content (AvgIpc) is 3.22. The van der Waals surface area contributed by atoms with Crippen LogP contribution in [0.15, 0.2) is 34.5 Å². The predicted molar refractivity (Wildman–Crippen MR) is 104 cm³/mol. The van der Waals surface area contributed by atoms with E-state index in [0.29, 0.717) is 25.2 Å². The Bertz CT molecular complexity index is 860. The van der Waals surface area contributed by atoms with Crippen LogP contribution in [0.2, 0.25) is 0 Å². The number of alkyl halides is 3. The molecule has 1 aromatic rings. The number of aliphatic hydroxyl groups is 1. The number of nitrogens with one attached hydrogen (secondary N) is 2. The second-order valence-corrected chi connectivity index (χ2v) is 7.62. The molecule has 3 aliphatic heterocycles. The molecule has 0 saturated carbocycles. The Morgan fingerprint density at radius 1 is 1.28 bits per heavy atom. The molecule has 3 aliphatic rings. The smallest absolute Gasteiger partial charge is 0.418 e. The van der Waals surface area contributed by atoms with Crippen LogP contribution in [0, 0.1) is 5.92 Å². The Kier molecular flexibility index (Phi) is 5.24. The van der Waals surface area contributed by atoms with Gasteiger partial charge >= 0.3 is 6.18 Å². The van der Waals surface area contributed by atoms with Gasteiger partial charge in [0.25, 0.3) is 5.91 Å². The minimum Gasteiger partial charge on any atom is -0.511 e. The molecule has 3 N–H and O–H groups in total. The number of anilines is 2. The van der Waals surface area contributed by atoms with E-state index in [1.54, 1.807) is 6.07 Å². The van der Waals surface area contributed by atoms with Crippen molar-refractivity contribution in [1.29, 1.82) is 0 Å². The summed E-state index contributed by atoms with van der Waals surface area (Å²) in [4.78, 5) is 18.9. The molecule has 0 spiro atoms. The Labute approximate surface area is 166 Å². The maximum atomic E-state index is 13.6. The molecule has 2 unspecified atom stereocenters. The number of aliphatic hydroxyl groups excluding tert-OH is 1. The topological polar surface area (TPSA) is 77.0 Å². The van der Waals surface area contributed by atoms with Gasteiger partial charge < -0.3 is 20.6 Å². The largest absolute Gasteiger partial charge is 0.511 e. The average molecular weight is 408 g/mol. The first-order chi connectivity index (χ1) is 13.8. The van der Waals surface area contributed by atoms with E-state index in [4.69, 9.17) is 0 Å². The summed E-state index contributed by atoms with van der Waals surface area (Å²) < 4.78 is 40.9. The summed E-state index contributed by atoms with van der Waals surface area (Å²) in [5.41, 5.74) is -0.814. The molecule has 2 fully saturated rings. The zero-order chi connectivity index (χ0) is 20.6. The number of piperidine rings is 1. The molecule has 29 heavy (non-hydrogen) atoms. The van der Waals surface area contributed by atoms with Crippen LogP contribution in [0.25, 0.3) is 0 Å². The number of nitrogens with zero attached hydrogens (tertiary/aromatic N) is 2. The van der Waals surface area contributed by atoms with Crippen molar-refractivity contribution in [2.24, 2.45) is 10.9 Å². The molecular weight excluding hydrogens is 385 g/mol. The van der Waals surface area contributed by atoms with Crippen LogP contribution in [0.5, 0.6) is 0 Å². The van der Waals surface area contributed by atoms with Crippen LogP contribution in [-0.2, 0) is 11.0 Å². The number of rotatable bonds is 3. The number of carbonyl (C=O) groups is 1. The van der Waals surface area contributed by atoms with Gasteiger partial charge in [-0.05, 0) is 44.0 Å². The quantitative estimate of drug-likeness (QED) is 0.718. The van der Waals surface area contributed by atoms with Gasteiger partial charge in [0.1, 0.15) is 5.76 Å². The minimum atomic E-state index is -4.62. The van der Waals surface area contributed by atoms with Gasteiger partial charge in [-0.2, -0.15) is 13.2 Å². The van der Waals surface area contributed by atoms with Crippen LogP contribution in [0.1, 0.15) is 24.8 Å². The van der Waals surface area contributed by atoms with Crippen molar-refractivity contribution in [3.63, 3.8) is 0 Å². The molecule has 0 aliphatic carbocycles. The number of aliphatic imine (C=N–C) groups is 1. The summed E-state index contributed by atoms with van der Waals surface area (Å²) in [6, 6.07) is 3.78. The summed E-state index contributed by atoms with van der Waals surface area (Å²) >= 11 is 0. The first-order valence-electron chi connectivity index (χ1n) is 9.79. The Morgan fingerprint density at radius 2 is 2.03 bits per heavy atom. The van der Waals surface area contributed by atoms with E-state index < -0.39 is 17.6 Å². The van der Waals surface area contributed by atoms with Gasteiger partial charge in [-0.25, -0.2) is 0 Å². The van der Waals surface area contributed by atoms with Crippen molar-refractivity contribution < 1.29 is 23.1 Å². The lowest BCUT2D eigenvalue weighted by atomic mass is 9.87. The highest BCUT2D eigenvalue weighted by Crippen LogP contribution is 2.38. The van der Waals surface area contributed by atoms with Crippen molar-refractivity contribution in [1.82, 2.24) is 5.32 Å². The van der Waals surface area contributed by atoms with Crippen molar-refractivity contribution >= 4 is 23.5 Å². The van der Waals surface area contributed by atoms with Crippen LogP contribution >= 0.6 is 0 Å². The lowest BCUT2D eigenvalue weighted by molar-refractivity contribution is -0.136. The monoisotopic (exact) mass is 408 g/mol. The molecule has 9 heteroatoms. The highest BCUT2D eigenvalue weighted by Gasteiger charge is 2.37. The first-order valence-corrected chi connectivity index (χ1v) is 9.79. The van der Waals surface area contributed by atoms with Gasteiger partial charge in [0.15, 0.2) is 0 Å². The van der Waals surface area contributed by atoms with Crippen LogP contribution in [0.3, 0.4) is 0 Å². The van der Waals surface area contributed by atoms with E-state index in [-0.39, 0.29) is 29.0 Å². The molecule has 0 bridgehead atoms. The third kappa shape index (κ3) is 3.96. The molecule has 2 atom stereocenters. The molecule has 3 heterocycles. The zero-order valence-electron chi connectivity index (χ0n) is 15.8. The lowest BCUT2D eigenvalue weighted by Crippen LogP contribution is -2.43. The SMILES string of the molecule is O=C(Nc1ccc(N2CCCC2)cc1C(F)(F)F)C1=C(O)C2CCNCC2N=C1. The van der Waals surface area contributed by atoms with E-state index >= 15 is 0 Å². The van der Waals surface area contributed by atoms with E-state index in [0.717, 1.165) is 32.0 Å². The fourth-order valence-electron chi connectivity index (χ4n) is 4.17. The van der Waals surface area contributed by atoms with Gasteiger partial charge in [-0.3, -0.25) is 9.79 Å². The second-order valence-electron chi connectivity index (χ2n) is 7.62. The van der Waals surface area contributed by atoms with Crippen molar-refractivity contribution in [2.75, 3.05) is 36.4 Å². The molecule has 2 saturated heterocycles. The summed E-state index contributed by atoms with van der Waals surface area (Å²) in [5.74, 6) is -1.18. The maximum absolute atomic E-state index is 13.6. The van der Waals surface area contributed by atoms with Gasteiger partial charge in [0.2, 0.25) is 0 Å². The second kappa shape index (κ2) is 7.70. The molecule has 4 rings (SSSR count). The molecule has 156 valence electrons. The Hall–Kier alpha value is -2.55. The Balaban J connectivity index is 1.60. The summed E-state index contributed by atoms with van der Waals surface area (Å²) in [6.45, 7) is 2.72. The van der Waals surface area contributed by atoms with E-state index in [1.165, 1.54) is 12.3 Å². The number of amides is 1. The summed E-state index contributed by atoms with van der Waals surface area (Å²) in [5, 5.41) is 16.0. The number of benzene rings is 1. The number of hydrogen-bond acceptors (Lipinski definition) is 5. The van der Waals surface area contributed by atoms with Gasteiger partial charge in [-0.1, -0.05) is 0 Å².